The summed E-state index contributed by atoms with van der Waals surface area (Å²) >= 11 is 6.11. The molecule has 0 radical (unpaired) electrons. The number of nitrogens with two attached hydrogens (primary N) is 1. The topological polar surface area (TPSA) is 107 Å². The molecule has 0 aromatic carbocycles. The molecule has 0 amide bonds. The highest BCUT2D eigenvalue weighted by Gasteiger charge is 2.33. The van der Waals surface area contributed by atoms with Gasteiger partial charge < -0.3 is 15.4 Å². The van der Waals surface area contributed by atoms with Crippen LogP contribution < -0.4 is 10.6 Å². The monoisotopic (exact) mass is 436 g/mol. The first-order valence-electron chi connectivity index (χ1n) is 9.68. The third kappa shape index (κ3) is 4.04. The number of aromatic nitrogens is 3. The van der Waals surface area contributed by atoms with Crippen LogP contribution in [0.1, 0.15) is 30.7 Å². The van der Waals surface area contributed by atoms with E-state index in [1.54, 1.807) is 19.2 Å². The number of nitrogens with zero attached hydrogens (tertiary/aromatic N) is 5. The molecule has 0 aliphatic carbocycles. The van der Waals surface area contributed by atoms with Crippen molar-refractivity contribution in [2.45, 2.75) is 31.1 Å². The van der Waals surface area contributed by atoms with Crippen LogP contribution in [-0.4, -0.2) is 57.8 Å². The maximum absolute atomic E-state index is 13.3. The number of rotatable bonds is 3. The van der Waals surface area contributed by atoms with E-state index in [2.05, 4.69) is 21.2 Å². The molecule has 0 bridgehead atoms. The molecule has 0 saturated carbocycles. The number of hydrogen-bond acceptors (Lipinski definition) is 8. The molecule has 3 atom stereocenters. The van der Waals surface area contributed by atoms with E-state index in [1.165, 1.54) is 0 Å². The highest BCUT2D eigenvalue weighted by atomic mass is 35.5. The van der Waals surface area contributed by atoms with Gasteiger partial charge in [-0.3, -0.25) is 0 Å². The number of morpholine rings is 1. The lowest BCUT2D eigenvalue weighted by Gasteiger charge is -2.34. The molecule has 4 heterocycles. The molecule has 2 aliphatic rings. The molecule has 4 rings (SSSR count). The van der Waals surface area contributed by atoms with Crippen molar-refractivity contribution in [2.75, 3.05) is 43.2 Å². The van der Waals surface area contributed by atoms with E-state index >= 15 is 0 Å². The average Bonchev–Trinajstić information content (AvgIpc) is 3.09. The fourth-order valence-electron chi connectivity index (χ4n) is 3.96. The van der Waals surface area contributed by atoms with Gasteiger partial charge in [-0.1, -0.05) is 11.6 Å². The molecule has 0 spiro atoms. The minimum Gasteiger partial charge on any atom is -0.384 e. The predicted molar refractivity (Wildman–Crippen MR) is 116 cm³/mol. The Morgan fingerprint density at radius 1 is 1.31 bits per heavy atom. The van der Waals surface area contributed by atoms with Crippen molar-refractivity contribution in [2.24, 2.45) is 4.36 Å². The number of nitrogen functional groups attached to an aromatic ring is 1. The maximum atomic E-state index is 13.3. The summed E-state index contributed by atoms with van der Waals surface area (Å²) in [5.74, 6) is 2.19. The third-order valence-electron chi connectivity index (χ3n) is 5.45. The molecule has 2 aromatic rings. The van der Waals surface area contributed by atoms with Crippen LogP contribution in [0.2, 0.25) is 5.15 Å². The van der Waals surface area contributed by atoms with Gasteiger partial charge in [0.2, 0.25) is 0 Å². The molecule has 29 heavy (non-hydrogen) atoms. The van der Waals surface area contributed by atoms with Crippen LogP contribution in [0.5, 0.6) is 0 Å². The van der Waals surface area contributed by atoms with Gasteiger partial charge in [-0.15, -0.1) is 0 Å². The van der Waals surface area contributed by atoms with Gasteiger partial charge in [0, 0.05) is 31.0 Å². The largest absolute Gasteiger partial charge is 0.384 e. The summed E-state index contributed by atoms with van der Waals surface area (Å²) < 4.78 is 23.1. The van der Waals surface area contributed by atoms with Crippen molar-refractivity contribution in [1.29, 1.82) is 0 Å². The Balaban J connectivity index is 1.87. The minimum atomic E-state index is -2.33. The summed E-state index contributed by atoms with van der Waals surface area (Å²) in [4.78, 5) is 15.8. The summed E-state index contributed by atoms with van der Waals surface area (Å²) in [6.07, 6.45) is 1.67. The van der Waals surface area contributed by atoms with Gasteiger partial charge in [0.15, 0.2) is 5.82 Å². The van der Waals surface area contributed by atoms with E-state index in [0.717, 1.165) is 30.9 Å². The molecular formula is C19H25ClN6O2S. The highest BCUT2D eigenvalue weighted by molar-refractivity contribution is 7.94. The van der Waals surface area contributed by atoms with E-state index in [9.17, 15) is 4.21 Å². The zero-order valence-corrected chi connectivity index (χ0v) is 18.1. The van der Waals surface area contributed by atoms with Crippen LogP contribution in [0.25, 0.3) is 11.4 Å². The Morgan fingerprint density at radius 2 is 2.14 bits per heavy atom. The quantitative estimate of drug-likeness (QED) is 0.737. The molecular weight excluding hydrogens is 412 g/mol. The Kier molecular flexibility index (Phi) is 5.63. The molecule has 8 nitrogen and oxygen atoms in total. The van der Waals surface area contributed by atoms with Gasteiger partial charge in [0.1, 0.15) is 16.8 Å². The third-order valence-corrected chi connectivity index (χ3v) is 8.50. The summed E-state index contributed by atoms with van der Waals surface area (Å²) in [7, 11) is -0.697. The fourth-order valence-corrected chi connectivity index (χ4v) is 6.51. The molecule has 2 N–H and O–H groups in total. The van der Waals surface area contributed by atoms with Crippen molar-refractivity contribution in [3.8, 4) is 11.4 Å². The second kappa shape index (κ2) is 8.04. The number of pyridine rings is 1. The molecule has 2 aliphatic heterocycles. The molecule has 2 aromatic heterocycles. The Morgan fingerprint density at radius 3 is 2.86 bits per heavy atom. The second-order valence-corrected chi connectivity index (χ2v) is 10.5. The van der Waals surface area contributed by atoms with Crippen molar-refractivity contribution >= 4 is 33.0 Å². The van der Waals surface area contributed by atoms with Gasteiger partial charge in [-0.2, -0.15) is 0 Å². The maximum Gasteiger partial charge on any atom is 0.162 e. The van der Waals surface area contributed by atoms with Gasteiger partial charge in [-0.05, 0) is 31.9 Å². The normalized spacial score (nSPS) is 27.2. The summed E-state index contributed by atoms with van der Waals surface area (Å²) in [5.41, 5.74) is 7.32. The predicted octanol–water partition coefficient (Wildman–Crippen LogP) is 2.93. The number of ether oxygens (including phenoxy) is 1. The van der Waals surface area contributed by atoms with Crippen LogP contribution >= 0.6 is 11.6 Å². The zero-order chi connectivity index (χ0) is 20.6. The summed E-state index contributed by atoms with van der Waals surface area (Å²) in [6, 6.07) is 5.53. The van der Waals surface area contributed by atoms with Crippen molar-refractivity contribution < 1.29 is 8.95 Å². The highest BCUT2D eigenvalue weighted by Crippen LogP contribution is 2.37. The van der Waals surface area contributed by atoms with Crippen LogP contribution in [0.3, 0.4) is 0 Å². The second-order valence-electron chi connectivity index (χ2n) is 7.40. The van der Waals surface area contributed by atoms with Crippen molar-refractivity contribution in [3.05, 3.63) is 29.0 Å². The molecule has 156 valence electrons. The Labute approximate surface area is 176 Å². The average molecular weight is 437 g/mol. The van der Waals surface area contributed by atoms with Gasteiger partial charge in [0.05, 0.1) is 39.9 Å². The molecule has 10 heteroatoms. The summed E-state index contributed by atoms with van der Waals surface area (Å²) in [6.45, 7) is 4.10. The standard InChI is InChI=1S/C19H25ClN6O2S/c1-12-11-28-6-5-26(12)18-10-14(15-4-3-7-29(15,27)22-2)23-19(25-18)13-8-16(20)24-17(21)9-13/h8-10,12,15H,3-7,11H2,1-2H3,(H2,21,24)/t12-,15+,29?/m1/s1. The lowest BCUT2D eigenvalue weighted by molar-refractivity contribution is 0.0985. The zero-order valence-electron chi connectivity index (χ0n) is 16.5. The number of anilines is 2. The van der Waals surface area contributed by atoms with E-state index in [-0.39, 0.29) is 16.4 Å². The van der Waals surface area contributed by atoms with Crippen LogP contribution in [-0.2, 0) is 14.5 Å². The minimum absolute atomic E-state index is 0.175. The number of halogens is 1. The Bertz CT molecular complexity index is 1020. The van der Waals surface area contributed by atoms with E-state index < -0.39 is 9.73 Å². The SMILES string of the molecule is CN=S1(=O)CCC[C@H]1c1cc(N2CCOC[C@H]2C)nc(-c2cc(N)nc(Cl)c2)n1. The summed E-state index contributed by atoms with van der Waals surface area (Å²) in [5, 5.41) is 0.0718. The van der Waals surface area contributed by atoms with Gasteiger partial charge >= 0.3 is 0 Å². The van der Waals surface area contributed by atoms with E-state index in [0.29, 0.717) is 36.2 Å². The smallest absolute Gasteiger partial charge is 0.162 e. The first-order chi connectivity index (χ1) is 13.9. The van der Waals surface area contributed by atoms with E-state index in [1.807, 2.05) is 6.07 Å². The first-order valence-corrected chi connectivity index (χ1v) is 11.8. The van der Waals surface area contributed by atoms with Gasteiger partial charge in [-0.25, -0.2) is 23.5 Å². The van der Waals surface area contributed by atoms with Gasteiger partial charge in [0.25, 0.3) is 0 Å². The molecule has 2 saturated heterocycles. The van der Waals surface area contributed by atoms with E-state index in [4.69, 9.17) is 32.0 Å². The van der Waals surface area contributed by atoms with Crippen LogP contribution in [0.15, 0.2) is 22.6 Å². The van der Waals surface area contributed by atoms with Crippen molar-refractivity contribution in [1.82, 2.24) is 15.0 Å². The first kappa shape index (κ1) is 20.3. The van der Waals surface area contributed by atoms with Crippen LogP contribution in [0, 0.1) is 0 Å². The molecule has 2 fully saturated rings. The van der Waals surface area contributed by atoms with Crippen molar-refractivity contribution in [3.63, 3.8) is 0 Å². The molecule has 1 unspecified atom stereocenters. The lowest BCUT2D eigenvalue weighted by atomic mass is 10.1. The fraction of sp³-hybridized carbons (Fsp3) is 0.526. The number of hydrogen-bond donors (Lipinski definition) is 1. The lowest BCUT2D eigenvalue weighted by Crippen LogP contribution is -2.44. The Hall–Kier alpha value is -1.97. The van der Waals surface area contributed by atoms with Crippen LogP contribution in [0.4, 0.5) is 11.6 Å².